The van der Waals surface area contributed by atoms with Crippen LogP contribution in [0.5, 0.6) is 0 Å². The Morgan fingerprint density at radius 2 is 1.13 bits per heavy atom. The normalized spacial score (nSPS) is 13.6. The van der Waals surface area contributed by atoms with Crippen LogP contribution in [0.15, 0.2) is 78.9 Å². The second kappa shape index (κ2) is 15.4. The zero-order valence-electron chi connectivity index (χ0n) is 34.0. The van der Waals surface area contributed by atoms with E-state index in [1.54, 1.807) is 0 Å². The average molecular weight is 808 g/mol. The molecular formula is C49H57Cl2Zr. The zero-order valence-corrected chi connectivity index (χ0v) is 37.9. The van der Waals surface area contributed by atoms with Crippen LogP contribution >= 0.6 is 0 Å². The van der Waals surface area contributed by atoms with Crippen LogP contribution in [0.3, 0.4) is 0 Å². The van der Waals surface area contributed by atoms with Crippen LogP contribution in [-0.4, -0.2) is 0 Å². The largest absolute Gasteiger partial charge is 3.00 e. The molecule has 0 aromatic heterocycles. The minimum atomic E-state index is -0.113. The smallest absolute Gasteiger partial charge is 1.00 e. The molecule has 0 fully saturated rings. The van der Waals surface area contributed by atoms with Crippen LogP contribution < -0.4 is 35.3 Å². The summed E-state index contributed by atoms with van der Waals surface area (Å²) >= 11 is 0. The van der Waals surface area contributed by atoms with E-state index in [9.17, 15) is 0 Å². The average Bonchev–Trinajstić information content (AvgIpc) is 3.63. The molecule has 0 spiro atoms. The summed E-state index contributed by atoms with van der Waals surface area (Å²) in [5.74, 6) is 0. The minimum Gasteiger partial charge on any atom is -1.00 e. The summed E-state index contributed by atoms with van der Waals surface area (Å²) in [7, 11) is 0. The summed E-state index contributed by atoms with van der Waals surface area (Å²) in [6.07, 6.45) is 11.8. The third-order valence-corrected chi connectivity index (χ3v) is 10.6. The summed E-state index contributed by atoms with van der Waals surface area (Å²) in [6.45, 7) is 32.7. The van der Waals surface area contributed by atoms with Crippen LogP contribution in [0.1, 0.15) is 145 Å². The predicted octanol–water partition coefficient (Wildman–Crippen LogP) is 5.40. The van der Waals surface area contributed by atoms with Crippen LogP contribution in [-0.2, 0) is 47.9 Å². The van der Waals surface area contributed by atoms with E-state index in [1.165, 1.54) is 87.7 Å². The topological polar surface area (TPSA) is 0 Å². The Morgan fingerprint density at radius 3 is 1.54 bits per heavy atom. The Hall–Kier alpha value is -2.44. The molecule has 4 aromatic carbocycles. The molecule has 0 saturated carbocycles. The van der Waals surface area contributed by atoms with Crippen LogP contribution in [0.25, 0.3) is 17.2 Å². The van der Waals surface area contributed by atoms with Gasteiger partial charge in [-0.3, -0.25) is 0 Å². The number of fused-ring (bicyclic) bond motifs is 2. The molecule has 2 aliphatic carbocycles. The molecule has 52 heavy (non-hydrogen) atoms. The van der Waals surface area contributed by atoms with Crippen LogP contribution in [0.4, 0.5) is 0 Å². The molecule has 0 unspecified atom stereocenters. The second-order valence-electron chi connectivity index (χ2n) is 18.7. The third-order valence-electron chi connectivity index (χ3n) is 10.6. The maximum atomic E-state index is 4.04. The number of hydrogen-bond acceptors (Lipinski definition) is 0. The van der Waals surface area contributed by atoms with Crippen molar-refractivity contribution in [2.45, 2.75) is 125 Å². The molecule has 2 aliphatic rings. The summed E-state index contributed by atoms with van der Waals surface area (Å²) in [5.41, 5.74) is 16.2. The van der Waals surface area contributed by atoms with Gasteiger partial charge in [-0.05, 0) is 80.5 Å². The summed E-state index contributed by atoms with van der Waals surface area (Å²) in [6, 6.07) is 23.8. The van der Waals surface area contributed by atoms with E-state index in [4.69, 9.17) is 0 Å². The number of hydrogen-bond donors (Lipinski definition) is 0. The zero-order chi connectivity index (χ0) is 35.8. The van der Waals surface area contributed by atoms with Crippen molar-refractivity contribution in [1.82, 2.24) is 0 Å². The van der Waals surface area contributed by atoms with Gasteiger partial charge in [0.2, 0.25) is 0 Å². The third kappa shape index (κ3) is 8.14. The number of allylic oxidation sites excluding steroid dienone is 4. The summed E-state index contributed by atoms with van der Waals surface area (Å²) < 4.78 is 0. The summed E-state index contributed by atoms with van der Waals surface area (Å²) in [5, 5.41) is 5.23. The number of aryl methyl sites for hydroxylation is 1. The fraction of sp³-hybridized carbons (Fsp3) is 0.388. The van der Waals surface area contributed by atoms with Gasteiger partial charge in [-0.25, -0.2) is 0 Å². The molecule has 0 saturated heterocycles. The van der Waals surface area contributed by atoms with E-state index >= 15 is 0 Å². The van der Waals surface area contributed by atoms with Crippen LogP contribution in [0, 0.1) is 24.3 Å². The number of rotatable bonds is 3. The first kappa shape index (κ1) is 44.0. The van der Waals surface area contributed by atoms with Gasteiger partial charge in [-0.2, -0.15) is 0 Å². The maximum Gasteiger partial charge on any atom is 3.00 e. The summed E-state index contributed by atoms with van der Waals surface area (Å²) in [4.78, 5) is 0. The molecule has 0 amide bonds. The van der Waals surface area contributed by atoms with Crippen molar-refractivity contribution in [3.05, 3.63) is 155 Å². The minimum absolute atomic E-state index is 0. The van der Waals surface area contributed by atoms with Crippen molar-refractivity contribution in [2.75, 3.05) is 0 Å². The molecule has 0 heterocycles. The van der Waals surface area contributed by atoms with E-state index in [2.05, 4.69) is 182 Å². The molecule has 4 aromatic rings. The molecule has 0 nitrogen and oxygen atoms in total. The van der Waals surface area contributed by atoms with E-state index in [0.29, 0.717) is 0 Å². The van der Waals surface area contributed by atoms with Gasteiger partial charge in [0, 0.05) is 0 Å². The first-order valence-corrected chi connectivity index (χ1v) is 18.3. The molecule has 0 aliphatic heterocycles. The van der Waals surface area contributed by atoms with Gasteiger partial charge < -0.3 is 24.8 Å². The Bertz CT molecular complexity index is 2200. The Kier molecular flexibility index (Phi) is 13.0. The van der Waals surface area contributed by atoms with Crippen molar-refractivity contribution >= 4 is 17.2 Å². The van der Waals surface area contributed by atoms with Crippen molar-refractivity contribution in [2.24, 2.45) is 0 Å². The van der Waals surface area contributed by atoms with E-state index in [1.807, 2.05) is 0 Å². The van der Waals surface area contributed by atoms with Crippen molar-refractivity contribution in [1.29, 1.82) is 0 Å². The molecule has 0 atom stereocenters. The number of halogens is 2. The van der Waals surface area contributed by atoms with Gasteiger partial charge in [0.15, 0.2) is 0 Å². The fourth-order valence-corrected chi connectivity index (χ4v) is 8.18. The monoisotopic (exact) mass is 805 g/mol. The number of benzene rings is 4. The first-order chi connectivity index (χ1) is 22.7. The Labute approximate surface area is 346 Å². The molecule has 6 rings (SSSR count). The van der Waals surface area contributed by atoms with E-state index in [0.717, 1.165) is 6.42 Å². The molecule has 0 N–H and O–H groups in total. The van der Waals surface area contributed by atoms with Gasteiger partial charge in [0.1, 0.15) is 0 Å². The van der Waals surface area contributed by atoms with Gasteiger partial charge in [0.05, 0.1) is 0 Å². The van der Waals surface area contributed by atoms with Crippen LogP contribution in [0.2, 0.25) is 0 Å². The maximum absolute atomic E-state index is 4.04. The van der Waals surface area contributed by atoms with E-state index in [-0.39, 0.29) is 72.7 Å². The van der Waals surface area contributed by atoms with Crippen molar-refractivity contribution < 1.29 is 51.0 Å². The van der Waals surface area contributed by atoms with Gasteiger partial charge in [-0.1, -0.05) is 184 Å². The molecule has 1 radical (unpaired) electrons. The Balaban J connectivity index is 0.00000243. The predicted molar refractivity (Wildman–Crippen MR) is 213 cm³/mol. The van der Waals surface area contributed by atoms with Gasteiger partial charge >= 0.3 is 26.2 Å². The molecular weight excluding hydrogens is 751 g/mol. The second-order valence-corrected chi connectivity index (χ2v) is 18.7. The van der Waals surface area contributed by atoms with E-state index < -0.39 is 0 Å². The van der Waals surface area contributed by atoms with Crippen molar-refractivity contribution in [3.8, 4) is 0 Å². The SMILES string of the molecule is Cc1cc2c(cc1C(C)(C)C)=c1c(c(C3=CC=CC3)c(C)c(C(C)(C)C)c1=C(c1ccc(C(C)(C)C)cc1)c1ccc(C(C)(C)C)cc1)[C-]=2.[Cl-].[Cl-].[Zr+3]. The van der Waals surface area contributed by atoms with Gasteiger partial charge in [-0.15, -0.1) is 33.4 Å². The molecule has 0 bridgehead atoms. The Morgan fingerprint density at radius 1 is 0.635 bits per heavy atom. The quantitative estimate of drug-likeness (QED) is 0.215. The fourth-order valence-electron chi connectivity index (χ4n) is 8.18. The van der Waals surface area contributed by atoms with Crippen molar-refractivity contribution in [3.63, 3.8) is 0 Å². The molecule has 3 heteroatoms. The standard InChI is InChI=1S/C49H57.2ClH.Zr/c1-30-27-35-28-39-41(32-17-15-16-18-32)31(2)45(49(12,13)14)44(43(39)38(35)29-40(30)48(9,10)11)42(33-19-23-36(24-20-33)46(3,4)5)34-21-25-37(26-22-34)47(6,7)8;;;/h15-17,19-27,29H,18H2,1-14H3;2*1H;/q-1;;;+3/p-2. The first-order valence-electron chi connectivity index (χ1n) is 18.3. The molecule has 271 valence electrons. The van der Waals surface area contributed by atoms with Gasteiger partial charge in [0.25, 0.3) is 0 Å².